The second-order valence-corrected chi connectivity index (χ2v) is 2.39. The molecule has 0 bridgehead atoms. The van der Waals surface area contributed by atoms with Crippen LogP contribution in [0.5, 0.6) is 0 Å². The Labute approximate surface area is 85.7 Å². The molecule has 0 saturated heterocycles. The third kappa shape index (κ3) is 1620. The third-order valence-electron chi connectivity index (χ3n) is 0. The van der Waals surface area contributed by atoms with E-state index >= 15 is 0 Å². The molecule has 0 aliphatic heterocycles. The van der Waals surface area contributed by atoms with Crippen LogP contribution in [0.1, 0.15) is 0 Å². The summed E-state index contributed by atoms with van der Waals surface area (Å²) in [7, 11) is -10.1. The number of rotatable bonds is 0. The predicted molar refractivity (Wildman–Crippen MR) is 39.4 cm³/mol. The topological polar surface area (TPSA) is 181 Å². The van der Waals surface area contributed by atoms with E-state index in [1.807, 2.05) is 0 Å². The van der Waals surface area contributed by atoms with Crippen LogP contribution in [-0.4, -0.2) is 32.0 Å². The molecule has 3 N–H and O–H groups in total. The smallest absolute Gasteiger partial charge is 0.781 e. The molecule has 0 heterocycles. The summed E-state index contributed by atoms with van der Waals surface area (Å²) in [4.78, 5) is 47.0. The van der Waals surface area contributed by atoms with Gasteiger partial charge in [-0.15, -0.1) is 0 Å². The van der Waals surface area contributed by atoms with Crippen molar-refractivity contribution in [2.75, 3.05) is 0 Å². The normalized spacial score (nSPS) is 14.3. The minimum atomic E-state index is -3.38. The zero-order valence-corrected chi connectivity index (χ0v) is 10.0. The molecule has 0 aromatic heterocycles. The average Bonchev–Trinajstić information content (AvgIpc) is 1.54. The number of hydrogen-bond acceptors (Lipinski definition) is 6. The van der Waals surface area contributed by atoms with Gasteiger partial charge in [-0.05, 0) is 0 Å². The first-order valence-corrected chi connectivity index (χ1v) is 5.69. The molecule has 0 saturated carbocycles. The summed E-state index contributed by atoms with van der Waals surface area (Å²) in [5, 5.41) is 0. The van der Waals surface area contributed by atoms with Crippen LogP contribution in [0.15, 0.2) is 0 Å². The fourth-order valence-corrected chi connectivity index (χ4v) is 0. The Morgan fingerprint density at radius 2 is 0.692 bits per heavy atom. The van der Waals surface area contributed by atoms with Crippen LogP contribution in [0.3, 0.4) is 0 Å². The van der Waals surface area contributed by atoms with Gasteiger partial charge in [0.1, 0.15) is 24.8 Å². The van der Waals surface area contributed by atoms with E-state index in [4.69, 9.17) is 43.1 Å². The monoisotopic (exact) mass is 270 g/mol. The Hall–Kier alpha value is 0.982. The molecular formula is H6AlO9P3. The van der Waals surface area contributed by atoms with Crippen molar-refractivity contribution < 1.29 is 43.1 Å². The first-order valence-electron chi connectivity index (χ1n) is 1.90. The third-order valence-corrected chi connectivity index (χ3v) is 0. The zero-order chi connectivity index (χ0) is 10.7. The van der Waals surface area contributed by atoms with E-state index in [9.17, 15) is 0 Å². The van der Waals surface area contributed by atoms with Crippen molar-refractivity contribution in [3.05, 3.63) is 0 Å². The molecule has 0 aromatic carbocycles. The van der Waals surface area contributed by atoms with Gasteiger partial charge in [-0.2, -0.15) is 0 Å². The summed E-state index contributed by atoms with van der Waals surface area (Å²) in [6, 6.07) is 0. The molecule has 3 atom stereocenters. The molecule has 78 valence electrons. The van der Waals surface area contributed by atoms with E-state index in [1.165, 1.54) is 0 Å². The summed E-state index contributed by atoms with van der Waals surface area (Å²) < 4.78 is 25.9. The van der Waals surface area contributed by atoms with Crippen LogP contribution in [-0.2, 0) is 13.7 Å². The van der Waals surface area contributed by atoms with Crippen LogP contribution >= 0.6 is 24.8 Å². The number of hydrogen-bond donors (Lipinski definition) is 3. The van der Waals surface area contributed by atoms with E-state index < -0.39 is 24.8 Å². The van der Waals surface area contributed by atoms with Gasteiger partial charge in [-0.1, -0.05) is 0 Å². The van der Waals surface area contributed by atoms with Crippen molar-refractivity contribution >= 4 is 42.1 Å². The van der Waals surface area contributed by atoms with Crippen LogP contribution in [0.4, 0.5) is 0 Å². The standard InChI is InChI=1S/Al.3H3O3P/c;3*1-4(2)3/h;3*4H,(H2,1,2,3)/q+3;;;/p-3. The van der Waals surface area contributed by atoms with E-state index in [2.05, 4.69) is 0 Å². The SMILES string of the molecule is O=[PH]([O-])O.O=[PH]([O-])O.O=[PH]([O-])O.[Al+3]. The maximum absolute atomic E-state index is 8.63. The van der Waals surface area contributed by atoms with Gasteiger partial charge in [0, 0.05) is 0 Å². The van der Waals surface area contributed by atoms with Gasteiger partial charge in [-0.25, -0.2) is 0 Å². The maximum Gasteiger partial charge on any atom is 3.00 e. The Kier molecular flexibility index (Phi) is 34.0. The van der Waals surface area contributed by atoms with Gasteiger partial charge in [0.05, 0.1) is 0 Å². The molecule has 3 unspecified atom stereocenters. The second-order valence-electron chi connectivity index (χ2n) is 0.798. The summed E-state index contributed by atoms with van der Waals surface area (Å²) in [6.45, 7) is 0. The summed E-state index contributed by atoms with van der Waals surface area (Å²) in [5.74, 6) is 0. The van der Waals surface area contributed by atoms with Gasteiger partial charge < -0.3 is 43.1 Å². The van der Waals surface area contributed by atoms with Gasteiger partial charge in [0.2, 0.25) is 0 Å². The van der Waals surface area contributed by atoms with Crippen molar-refractivity contribution in [2.24, 2.45) is 0 Å². The molecule has 0 spiro atoms. The molecule has 0 rings (SSSR count). The van der Waals surface area contributed by atoms with Crippen molar-refractivity contribution in [1.29, 1.82) is 0 Å². The van der Waals surface area contributed by atoms with Gasteiger partial charge in [-0.3, -0.25) is 0 Å². The molecule has 13 heteroatoms. The Morgan fingerprint density at radius 3 is 0.692 bits per heavy atom. The first kappa shape index (κ1) is 23.6. The molecule has 13 heavy (non-hydrogen) atoms. The molecule has 9 nitrogen and oxygen atoms in total. The molecule has 0 radical (unpaired) electrons. The molecule has 0 aliphatic carbocycles. The van der Waals surface area contributed by atoms with E-state index in [-0.39, 0.29) is 17.4 Å². The van der Waals surface area contributed by atoms with Crippen molar-refractivity contribution in [3.8, 4) is 0 Å². The molecule has 0 aromatic rings. The van der Waals surface area contributed by atoms with Crippen molar-refractivity contribution in [3.63, 3.8) is 0 Å². The van der Waals surface area contributed by atoms with Crippen LogP contribution < -0.4 is 14.7 Å². The van der Waals surface area contributed by atoms with Crippen LogP contribution in [0.25, 0.3) is 0 Å². The summed E-state index contributed by atoms with van der Waals surface area (Å²) in [6.07, 6.45) is 0. The fraction of sp³-hybridized carbons (Fsp3) is 0. The maximum atomic E-state index is 8.63. The minimum Gasteiger partial charge on any atom is -0.781 e. The largest absolute Gasteiger partial charge is 3.00 e. The molecule has 0 amide bonds. The molecular weight excluding hydrogens is 264 g/mol. The first-order chi connectivity index (χ1) is 5.20. The Morgan fingerprint density at radius 1 is 0.692 bits per heavy atom. The average molecular weight is 270 g/mol. The fourth-order valence-electron chi connectivity index (χ4n) is 0. The van der Waals surface area contributed by atoms with Gasteiger partial charge in [0.25, 0.3) is 0 Å². The molecule has 0 aliphatic rings. The predicted octanol–water partition coefficient (Wildman–Crippen LogP) is -4.19. The van der Waals surface area contributed by atoms with E-state index in [0.29, 0.717) is 0 Å². The van der Waals surface area contributed by atoms with Crippen LogP contribution in [0, 0.1) is 0 Å². The van der Waals surface area contributed by atoms with Crippen molar-refractivity contribution in [1.82, 2.24) is 0 Å². The summed E-state index contributed by atoms with van der Waals surface area (Å²) >= 11 is 0. The Balaban J connectivity index is -0.0000000450. The quantitative estimate of drug-likeness (QED) is 0.290. The minimum absolute atomic E-state index is 0. The second kappa shape index (κ2) is 18.7. The Bertz CT molecular complexity index is 112. The van der Waals surface area contributed by atoms with Crippen LogP contribution in [0.2, 0.25) is 0 Å². The van der Waals surface area contributed by atoms with Gasteiger partial charge in [0.15, 0.2) is 0 Å². The molecule has 0 fully saturated rings. The van der Waals surface area contributed by atoms with Gasteiger partial charge >= 0.3 is 17.4 Å². The van der Waals surface area contributed by atoms with E-state index in [1.54, 1.807) is 0 Å². The summed E-state index contributed by atoms with van der Waals surface area (Å²) in [5.41, 5.74) is 0. The van der Waals surface area contributed by atoms with E-state index in [0.717, 1.165) is 0 Å². The zero-order valence-electron chi connectivity index (χ0n) is 5.87. The van der Waals surface area contributed by atoms with Crippen molar-refractivity contribution in [2.45, 2.75) is 0 Å².